The van der Waals surface area contributed by atoms with Crippen molar-refractivity contribution in [2.75, 3.05) is 31.6 Å². The Bertz CT molecular complexity index is 934. The molecule has 2 heterocycles. The summed E-state index contributed by atoms with van der Waals surface area (Å²) >= 11 is 0. The zero-order valence-corrected chi connectivity index (χ0v) is 16.0. The quantitative estimate of drug-likeness (QED) is 0.699. The minimum Gasteiger partial charge on any atom is -0.371 e. The molecule has 2 aromatic carbocycles. The van der Waals surface area contributed by atoms with Crippen LogP contribution in [0.5, 0.6) is 0 Å². The van der Waals surface area contributed by atoms with E-state index in [0.29, 0.717) is 12.5 Å². The van der Waals surface area contributed by atoms with Crippen LogP contribution in [0.1, 0.15) is 12.2 Å². The lowest BCUT2D eigenvalue weighted by Crippen LogP contribution is -2.35. The largest absolute Gasteiger partial charge is 0.371 e. The van der Waals surface area contributed by atoms with Crippen LogP contribution in [0.4, 0.5) is 5.69 Å². The summed E-state index contributed by atoms with van der Waals surface area (Å²) in [7, 11) is 1.92. The van der Waals surface area contributed by atoms with Gasteiger partial charge < -0.3 is 14.4 Å². The van der Waals surface area contributed by atoms with Crippen molar-refractivity contribution in [3.63, 3.8) is 0 Å². The van der Waals surface area contributed by atoms with Crippen molar-refractivity contribution >= 4 is 22.6 Å². The van der Waals surface area contributed by atoms with Crippen molar-refractivity contribution < 1.29 is 4.79 Å². The number of aryl methyl sites for hydroxylation is 1. The van der Waals surface area contributed by atoms with E-state index in [1.165, 1.54) is 5.69 Å². The third-order valence-electron chi connectivity index (χ3n) is 5.50. The molecule has 1 aromatic heterocycles. The molecule has 1 aliphatic rings. The maximum Gasteiger partial charge on any atom is 0.242 e. The van der Waals surface area contributed by atoms with Crippen molar-refractivity contribution in [1.82, 2.24) is 14.5 Å². The number of carbonyl (C=O) groups excluding carboxylic acids is 1. The van der Waals surface area contributed by atoms with E-state index >= 15 is 0 Å². The monoisotopic (exact) mass is 362 g/mol. The molecule has 3 aromatic rings. The maximum atomic E-state index is 12.8. The molecule has 1 amide bonds. The smallest absolute Gasteiger partial charge is 0.242 e. The topological polar surface area (TPSA) is 41.4 Å². The average Bonchev–Trinajstić information content (AvgIpc) is 3.27. The van der Waals surface area contributed by atoms with Gasteiger partial charge in [0.05, 0.1) is 11.0 Å². The van der Waals surface area contributed by atoms with Crippen LogP contribution in [-0.4, -0.2) is 47.0 Å². The molecule has 0 spiro atoms. The third-order valence-corrected chi connectivity index (χ3v) is 5.50. The van der Waals surface area contributed by atoms with E-state index in [1.807, 2.05) is 53.8 Å². The molecule has 0 N–H and O–H groups in total. The number of amides is 1. The van der Waals surface area contributed by atoms with Crippen molar-refractivity contribution in [2.45, 2.75) is 19.9 Å². The second-order valence-corrected chi connectivity index (χ2v) is 7.44. The zero-order valence-electron chi connectivity index (χ0n) is 16.0. The van der Waals surface area contributed by atoms with Crippen LogP contribution in [-0.2, 0) is 11.3 Å². The number of para-hydroxylation sites is 3. The predicted octanol–water partition coefficient (Wildman–Crippen LogP) is 3.33. The first-order chi connectivity index (χ1) is 13.1. The Morgan fingerprint density at radius 3 is 2.70 bits per heavy atom. The molecule has 5 heteroatoms. The van der Waals surface area contributed by atoms with Crippen LogP contribution in [0.15, 0.2) is 54.6 Å². The van der Waals surface area contributed by atoms with Crippen LogP contribution in [0.3, 0.4) is 0 Å². The van der Waals surface area contributed by atoms with E-state index in [4.69, 9.17) is 0 Å². The molecule has 140 valence electrons. The van der Waals surface area contributed by atoms with Crippen LogP contribution >= 0.6 is 0 Å². The molecule has 4 rings (SSSR count). The molecule has 0 unspecified atom stereocenters. The summed E-state index contributed by atoms with van der Waals surface area (Å²) in [5.41, 5.74) is 3.24. The Labute approximate surface area is 160 Å². The summed E-state index contributed by atoms with van der Waals surface area (Å²) in [4.78, 5) is 21.7. The number of likely N-dealkylation sites (N-methyl/N-ethyl adjacent to an activating group) is 1. The van der Waals surface area contributed by atoms with Crippen LogP contribution in [0, 0.1) is 12.8 Å². The van der Waals surface area contributed by atoms with Gasteiger partial charge in [0.1, 0.15) is 12.4 Å². The molecular weight excluding hydrogens is 336 g/mol. The predicted molar refractivity (Wildman–Crippen MR) is 109 cm³/mol. The summed E-state index contributed by atoms with van der Waals surface area (Å²) < 4.78 is 2.01. The molecule has 5 nitrogen and oxygen atoms in total. The highest BCUT2D eigenvalue weighted by Crippen LogP contribution is 2.24. The highest BCUT2D eigenvalue weighted by Gasteiger charge is 2.25. The lowest BCUT2D eigenvalue weighted by atomic mass is 10.1. The standard InChI is InChI=1S/C22H26N4O/c1-17-23-20-10-6-7-11-21(20)26(17)16-22(27)24(2)14-18-12-13-25(15-18)19-8-4-3-5-9-19/h3-11,18H,12-16H2,1-2H3/t18-/m0/s1. The van der Waals surface area contributed by atoms with Crippen molar-refractivity contribution in [2.24, 2.45) is 5.92 Å². The van der Waals surface area contributed by atoms with Gasteiger partial charge in [-0.05, 0) is 43.5 Å². The minimum atomic E-state index is 0.138. The fourth-order valence-electron chi connectivity index (χ4n) is 4.00. The summed E-state index contributed by atoms with van der Waals surface area (Å²) in [6.45, 7) is 5.17. The highest BCUT2D eigenvalue weighted by molar-refractivity contribution is 5.81. The first-order valence-corrected chi connectivity index (χ1v) is 9.57. The fourth-order valence-corrected chi connectivity index (χ4v) is 4.00. The molecule has 27 heavy (non-hydrogen) atoms. The Morgan fingerprint density at radius 2 is 1.89 bits per heavy atom. The van der Waals surface area contributed by atoms with Gasteiger partial charge in [-0.25, -0.2) is 4.98 Å². The van der Waals surface area contributed by atoms with Crippen LogP contribution in [0.2, 0.25) is 0 Å². The molecular formula is C22H26N4O. The Hall–Kier alpha value is -2.82. The third kappa shape index (κ3) is 3.68. The Balaban J connectivity index is 1.38. The first kappa shape index (κ1) is 17.6. The molecule has 1 aliphatic heterocycles. The van der Waals surface area contributed by atoms with E-state index in [2.05, 4.69) is 34.1 Å². The number of imidazole rings is 1. The number of rotatable bonds is 5. The zero-order chi connectivity index (χ0) is 18.8. The van der Waals surface area contributed by atoms with Gasteiger partial charge in [-0.3, -0.25) is 4.79 Å². The molecule has 0 bridgehead atoms. The van der Waals surface area contributed by atoms with Crippen molar-refractivity contribution in [3.05, 3.63) is 60.4 Å². The summed E-state index contributed by atoms with van der Waals surface area (Å²) in [6, 6.07) is 18.5. The van der Waals surface area contributed by atoms with Gasteiger partial charge in [0.25, 0.3) is 0 Å². The number of hydrogen-bond acceptors (Lipinski definition) is 3. The molecule has 0 radical (unpaired) electrons. The SMILES string of the molecule is Cc1nc2ccccc2n1CC(=O)N(C)C[C@@H]1CCN(c2ccccc2)C1. The van der Waals surface area contributed by atoms with E-state index in [9.17, 15) is 4.79 Å². The number of carbonyl (C=O) groups is 1. The number of nitrogens with zero attached hydrogens (tertiary/aromatic N) is 4. The summed E-state index contributed by atoms with van der Waals surface area (Å²) in [5, 5.41) is 0. The number of aromatic nitrogens is 2. The Morgan fingerprint density at radius 1 is 1.15 bits per heavy atom. The highest BCUT2D eigenvalue weighted by atomic mass is 16.2. The van der Waals surface area contributed by atoms with Gasteiger partial charge in [-0.15, -0.1) is 0 Å². The van der Waals surface area contributed by atoms with Crippen molar-refractivity contribution in [1.29, 1.82) is 0 Å². The molecule has 0 saturated carbocycles. The normalized spacial score (nSPS) is 16.8. The van der Waals surface area contributed by atoms with Gasteiger partial charge in [-0.1, -0.05) is 30.3 Å². The average molecular weight is 362 g/mol. The lowest BCUT2D eigenvalue weighted by Gasteiger charge is -2.23. The fraction of sp³-hybridized carbons (Fsp3) is 0.364. The second kappa shape index (κ2) is 7.43. The van der Waals surface area contributed by atoms with Gasteiger partial charge in [-0.2, -0.15) is 0 Å². The number of hydrogen-bond donors (Lipinski definition) is 0. The van der Waals surface area contributed by atoms with E-state index in [1.54, 1.807) is 0 Å². The van der Waals surface area contributed by atoms with E-state index < -0.39 is 0 Å². The van der Waals surface area contributed by atoms with E-state index in [-0.39, 0.29) is 5.91 Å². The van der Waals surface area contributed by atoms with Crippen molar-refractivity contribution in [3.8, 4) is 0 Å². The molecule has 0 aliphatic carbocycles. The summed E-state index contributed by atoms with van der Waals surface area (Å²) in [5.74, 6) is 1.54. The van der Waals surface area contributed by atoms with Gasteiger partial charge >= 0.3 is 0 Å². The molecule has 1 atom stereocenters. The Kier molecular flexibility index (Phi) is 4.84. The van der Waals surface area contributed by atoms with Gasteiger partial charge in [0, 0.05) is 32.4 Å². The number of fused-ring (bicyclic) bond motifs is 1. The summed E-state index contributed by atoms with van der Waals surface area (Å²) in [6.07, 6.45) is 1.12. The maximum absolute atomic E-state index is 12.8. The van der Waals surface area contributed by atoms with E-state index in [0.717, 1.165) is 42.9 Å². The number of anilines is 1. The second-order valence-electron chi connectivity index (χ2n) is 7.44. The van der Waals surface area contributed by atoms with Gasteiger partial charge in [0.2, 0.25) is 5.91 Å². The minimum absolute atomic E-state index is 0.138. The van der Waals surface area contributed by atoms with Gasteiger partial charge in [0.15, 0.2) is 0 Å². The first-order valence-electron chi connectivity index (χ1n) is 9.57. The number of benzene rings is 2. The van der Waals surface area contributed by atoms with Crippen LogP contribution < -0.4 is 4.90 Å². The molecule has 1 saturated heterocycles. The van der Waals surface area contributed by atoms with Crippen LogP contribution in [0.25, 0.3) is 11.0 Å². The molecule has 1 fully saturated rings. The lowest BCUT2D eigenvalue weighted by molar-refractivity contribution is -0.131.